The van der Waals surface area contributed by atoms with Gasteiger partial charge in [0.1, 0.15) is 12.1 Å². The summed E-state index contributed by atoms with van der Waals surface area (Å²) in [5.41, 5.74) is 3.31. The Morgan fingerprint density at radius 3 is 2.62 bits per heavy atom. The van der Waals surface area contributed by atoms with Gasteiger partial charge in [-0.1, -0.05) is 30.3 Å². The van der Waals surface area contributed by atoms with Crippen LogP contribution >= 0.6 is 24.0 Å². The second-order valence-electron chi connectivity index (χ2n) is 6.41. The van der Waals surface area contributed by atoms with Gasteiger partial charge < -0.3 is 15.0 Å². The Labute approximate surface area is 188 Å². The van der Waals surface area contributed by atoms with E-state index in [0.717, 1.165) is 41.7 Å². The molecule has 1 aromatic heterocycles. The van der Waals surface area contributed by atoms with E-state index in [9.17, 15) is 0 Å². The number of aliphatic imine (C=N–C) groups is 1. The molecule has 3 aromatic rings. The van der Waals surface area contributed by atoms with Crippen molar-refractivity contribution >= 4 is 29.9 Å². The number of benzene rings is 2. The summed E-state index contributed by atoms with van der Waals surface area (Å²) in [5.74, 6) is 2.48. The second kappa shape index (κ2) is 11.4. The van der Waals surface area contributed by atoms with Crippen LogP contribution in [-0.4, -0.2) is 46.7 Å². The average Bonchev–Trinajstić information content (AvgIpc) is 3.27. The molecule has 0 aliphatic carbocycles. The molecule has 7 nitrogen and oxygen atoms in total. The van der Waals surface area contributed by atoms with Crippen molar-refractivity contribution in [3.05, 3.63) is 66.0 Å². The van der Waals surface area contributed by atoms with Crippen LogP contribution in [0.25, 0.3) is 11.4 Å². The summed E-state index contributed by atoms with van der Waals surface area (Å²) in [4.78, 5) is 11.1. The van der Waals surface area contributed by atoms with Gasteiger partial charge in [-0.05, 0) is 36.2 Å². The fourth-order valence-electron chi connectivity index (χ4n) is 2.88. The summed E-state index contributed by atoms with van der Waals surface area (Å²) >= 11 is 0. The third-order valence-corrected chi connectivity index (χ3v) is 4.30. The molecule has 0 spiro atoms. The van der Waals surface area contributed by atoms with Crippen LogP contribution in [0.4, 0.5) is 0 Å². The van der Waals surface area contributed by atoms with Gasteiger partial charge in [-0.25, -0.2) is 9.98 Å². The van der Waals surface area contributed by atoms with E-state index in [1.807, 2.05) is 31.3 Å². The molecule has 3 rings (SSSR count). The summed E-state index contributed by atoms with van der Waals surface area (Å²) in [7, 11) is 3.71. The molecule has 2 N–H and O–H groups in total. The largest absolute Gasteiger partial charge is 0.497 e. The fraction of sp³-hybridized carbons (Fsp3) is 0.286. The predicted molar refractivity (Wildman–Crippen MR) is 127 cm³/mol. The Balaban J connectivity index is 0.00000300. The van der Waals surface area contributed by atoms with Gasteiger partial charge in [-0.15, -0.1) is 24.0 Å². The number of nitrogens with zero attached hydrogens (tertiary/aromatic N) is 4. The molecular formula is C21H27IN6O. The van der Waals surface area contributed by atoms with Crippen molar-refractivity contribution in [3.8, 4) is 17.1 Å². The van der Waals surface area contributed by atoms with E-state index in [4.69, 9.17) is 9.73 Å². The first-order valence-electron chi connectivity index (χ1n) is 9.26. The van der Waals surface area contributed by atoms with E-state index in [0.29, 0.717) is 6.54 Å². The molecule has 0 aliphatic rings. The lowest BCUT2D eigenvalue weighted by Gasteiger charge is -2.22. The third kappa shape index (κ3) is 6.45. The van der Waals surface area contributed by atoms with Crippen LogP contribution in [0.15, 0.2) is 59.9 Å². The zero-order valence-corrected chi connectivity index (χ0v) is 19.3. The van der Waals surface area contributed by atoms with Crippen molar-refractivity contribution < 1.29 is 4.74 Å². The average molecular weight is 506 g/mol. The van der Waals surface area contributed by atoms with Gasteiger partial charge in [0.2, 0.25) is 0 Å². The number of methoxy groups -OCH3 is 1. The number of aromatic nitrogens is 3. The monoisotopic (exact) mass is 506 g/mol. The van der Waals surface area contributed by atoms with Crippen LogP contribution in [0.1, 0.15) is 18.1 Å². The van der Waals surface area contributed by atoms with Gasteiger partial charge in [0.15, 0.2) is 11.8 Å². The van der Waals surface area contributed by atoms with Crippen molar-refractivity contribution in [2.75, 3.05) is 20.7 Å². The maximum atomic E-state index is 5.22. The fourth-order valence-corrected chi connectivity index (χ4v) is 2.88. The zero-order valence-electron chi connectivity index (χ0n) is 16.9. The van der Waals surface area contributed by atoms with Crippen LogP contribution in [0, 0.1) is 0 Å². The first kappa shape index (κ1) is 22.7. The quantitative estimate of drug-likeness (QED) is 0.291. The van der Waals surface area contributed by atoms with Crippen molar-refractivity contribution in [2.24, 2.45) is 4.99 Å². The van der Waals surface area contributed by atoms with Gasteiger partial charge in [0.25, 0.3) is 0 Å². The molecule has 1 heterocycles. The van der Waals surface area contributed by atoms with Crippen LogP contribution in [0.3, 0.4) is 0 Å². The number of ether oxygens (including phenoxy) is 1. The first-order chi connectivity index (χ1) is 13.7. The van der Waals surface area contributed by atoms with Crippen LogP contribution in [-0.2, 0) is 13.1 Å². The van der Waals surface area contributed by atoms with E-state index in [-0.39, 0.29) is 24.0 Å². The van der Waals surface area contributed by atoms with E-state index in [1.165, 1.54) is 11.9 Å². The second-order valence-corrected chi connectivity index (χ2v) is 6.41. The molecule has 0 radical (unpaired) electrons. The lowest BCUT2D eigenvalue weighted by Crippen LogP contribution is -2.38. The summed E-state index contributed by atoms with van der Waals surface area (Å²) in [6.07, 6.45) is 1.51. The standard InChI is InChI=1S/C21H26N6O.HI/c1-4-22-21(27(2)14-16-8-10-19(28-3)11-9-16)23-13-17-6-5-7-18(12-17)20-24-15-25-26-20;/h5-12,15H,4,13-14H2,1-3H3,(H,22,23)(H,24,25,26);1H. The molecular weight excluding hydrogens is 479 g/mol. The Kier molecular flexibility index (Phi) is 8.91. The smallest absolute Gasteiger partial charge is 0.194 e. The van der Waals surface area contributed by atoms with Crippen molar-refractivity contribution in [2.45, 2.75) is 20.0 Å². The van der Waals surface area contributed by atoms with Crippen LogP contribution < -0.4 is 10.1 Å². The molecule has 0 saturated carbocycles. The summed E-state index contributed by atoms with van der Waals surface area (Å²) < 4.78 is 5.22. The molecule has 0 amide bonds. The van der Waals surface area contributed by atoms with Crippen LogP contribution in [0.5, 0.6) is 5.75 Å². The maximum absolute atomic E-state index is 5.22. The lowest BCUT2D eigenvalue weighted by molar-refractivity contribution is 0.414. The Bertz CT molecular complexity index is 896. The number of H-pyrrole nitrogens is 1. The minimum Gasteiger partial charge on any atom is -0.497 e. The van der Waals surface area contributed by atoms with Gasteiger partial charge in [0.05, 0.1) is 13.7 Å². The van der Waals surface area contributed by atoms with Crippen molar-refractivity contribution in [1.29, 1.82) is 0 Å². The minimum absolute atomic E-state index is 0. The molecule has 29 heavy (non-hydrogen) atoms. The summed E-state index contributed by atoms with van der Waals surface area (Å²) in [5, 5.41) is 10.2. The van der Waals surface area contributed by atoms with E-state index < -0.39 is 0 Å². The molecule has 0 unspecified atom stereocenters. The first-order valence-corrected chi connectivity index (χ1v) is 9.26. The lowest BCUT2D eigenvalue weighted by atomic mass is 10.1. The predicted octanol–water partition coefficient (Wildman–Crippen LogP) is 3.70. The number of hydrogen-bond acceptors (Lipinski definition) is 4. The molecule has 8 heteroatoms. The normalized spacial score (nSPS) is 10.9. The Morgan fingerprint density at radius 2 is 1.97 bits per heavy atom. The van der Waals surface area contributed by atoms with Gasteiger partial charge in [-0.2, -0.15) is 5.10 Å². The SMILES string of the molecule is CCNC(=NCc1cccc(-c2ncn[nH]2)c1)N(C)Cc1ccc(OC)cc1.I. The van der Waals surface area contributed by atoms with Crippen molar-refractivity contribution in [1.82, 2.24) is 25.4 Å². The summed E-state index contributed by atoms with van der Waals surface area (Å²) in [6, 6.07) is 16.3. The molecule has 0 aliphatic heterocycles. The highest BCUT2D eigenvalue weighted by Gasteiger charge is 2.07. The molecule has 0 fully saturated rings. The zero-order chi connectivity index (χ0) is 19.8. The number of hydrogen-bond donors (Lipinski definition) is 2. The number of halogens is 1. The summed E-state index contributed by atoms with van der Waals surface area (Å²) in [6.45, 7) is 4.22. The maximum Gasteiger partial charge on any atom is 0.194 e. The highest BCUT2D eigenvalue weighted by molar-refractivity contribution is 14.0. The Morgan fingerprint density at radius 1 is 1.17 bits per heavy atom. The van der Waals surface area contributed by atoms with Gasteiger partial charge >= 0.3 is 0 Å². The third-order valence-electron chi connectivity index (χ3n) is 4.30. The highest BCUT2D eigenvalue weighted by Crippen LogP contribution is 2.16. The van der Waals surface area contributed by atoms with Gasteiger partial charge in [0, 0.05) is 25.7 Å². The number of rotatable bonds is 7. The van der Waals surface area contributed by atoms with E-state index in [1.54, 1.807) is 7.11 Å². The highest BCUT2D eigenvalue weighted by atomic mass is 127. The molecule has 0 saturated heterocycles. The van der Waals surface area contributed by atoms with E-state index in [2.05, 4.69) is 56.6 Å². The number of guanidine groups is 1. The van der Waals surface area contributed by atoms with E-state index >= 15 is 0 Å². The number of nitrogens with one attached hydrogen (secondary N) is 2. The topological polar surface area (TPSA) is 78.4 Å². The number of aromatic amines is 1. The molecule has 2 aromatic carbocycles. The van der Waals surface area contributed by atoms with Crippen LogP contribution in [0.2, 0.25) is 0 Å². The Hall–Kier alpha value is -2.62. The molecule has 0 bridgehead atoms. The molecule has 0 atom stereocenters. The molecule has 154 valence electrons. The minimum atomic E-state index is 0. The van der Waals surface area contributed by atoms with Gasteiger partial charge in [-0.3, -0.25) is 5.10 Å². The van der Waals surface area contributed by atoms with Crippen molar-refractivity contribution in [3.63, 3.8) is 0 Å².